The zero-order chi connectivity index (χ0) is 53.6. The van der Waals surface area contributed by atoms with Crippen molar-refractivity contribution in [1.82, 2.24) is 9.55 Å². The van der Waals surface area contributed by atoms with E-state index in [0.29, 0.717) is 18.5 Å². The molecule has 0 bridgehead atoms. The molecule has 5 nitrogen and oxygen atoms in total. The number of fused-ring (bicyclic) bond motifs is 8. The highest BCUT2D eigenvalue weighted by Gasteiger charge is 2.34. The van der Waals surface area contributed by atoms with E-state index in [-0.39, 0.29) is 5.41 Å². The van der Waals surface area contributed by atoms with Crippen molar-refractivity contribution in [3.8, 4) is 50.7 Å². The summed E-state index contributed by atoms with van der Waals surface area (Å²) in [6.07, 6.45) is 1.96. The predicted molar refractivity (Wildman–Crippen MR) is 333 cm³/mol. The van der Waals surface area contributed by atoms with E-state index in [1.165, 1.54) is 92.3 Å². The number of aryl methyl sites for hydroxylation is 2. The molecule has 3 aromatic heterocycles. The minimum Gasteiger partial charge on any atom is -0.457 e. The van der Waals surface area contributed by atoms with Crippen LogP contribution in [-0.4, -0.2) is 16.2 Å². The molecule has 6 heteroatoms. The molecule has 12 aromatic rings. The van der Waals surface area contributed by atoms with E-state index in [0.717, 1.165) is 51.0 Å². The molecule has 0 saturated heterocycles. The average Bonchev–Trinajstić information content (AvgIpc) is 4.34. The minimum absolute atomic E-state index is 0.0595. The second-order valence-electron chi connectivity index (χ2n) is 22.9. The van der Waals surface area contributed by atoms with Crippen LogP contribution in [-0.2, 0) is 5.41 Å². The van der Waals surface area contributed by atoms with Crippen LogP contribution in [0, 0.1) is 13.8 Å². The third kappa shape index (κ3) is 8.33. The summed E-state index contributed by atoms with van der Waals surface area (Å²) in [5.74, 6) is 3.02. The lowest BCUT2D eigenvalue weighted by atomic mass is 9.85. The Morgan fingerprint density at radius 1 is 0.513 bits per heavy atom. The van der Waals surface area contributed by atoms with Crippen LogP contribution in [0.4, 0.5) is 22.7 Å². The smallest absolute Gasteiger partial charge is 0.137 e. The maximum absolute atomic E-state index is 7.36. The Labute approximate surface area is 462 Å². The Kier molecular flexibility index (Phi) is 12.1. The number of anilines is 4. The Balaban J connectivity index is 1.02. The summed E-state index contributed by atoms with van der Waals surface area (Å²) in [4.78, 5) is 10.1. The number of nitrogens with zero attached hydrogens (tertiary/aromatic N) is 4. The summed E-state index contributed by atoms with van der Waals surface area (Å²) in [6.45, 7) is 21.2. The van der Waals surface area contributed by atoms with Crippen LogP contribution in [0.15, 0.2) is 200 Å². The van der Waals surface area contributed by atoms with Gasteiger partial charge in [0, 0.05) is 66.1 Å². The van der Waals surface area contributed by atoms with E-state index >= 15 is 0 Å². The number of pyridine rings is 1. The minimum atomic E-state index is -0.0595. The normalized spacial score (nSPS) is 12.8. The molecule has 0 N–H and O–H groups in total. The molecule has 0 fully saturated rings. The molecular weight excluding hydrogens is 969 g/mol. The average molecular weight is 1030 g/mol. The second kappa shape index (κ2) is 19.2. The van der Waals surface area contributed by atoms with Crippen LogP contribution in [0.5, 0.6) is 11.5 Å². The molecule has 0 unspecified atom stereocenters. The van der Waals surface area contributed by atoms with Crippen molar-refractivity contribution >= 4 is 76.1 Å². The van der Waals surface area contributed by atoms with E-state index in [4.69, 9.17) is 9.72 Å². The molecule has 4 heterocycles. The van der Waals surface area contributed by atoms with E-state index in [1.54, 1.807) is 0 Å². The quantitative estimate of drug-likeness (QED) is 0.137. The number of para-hydroxylation sites is 2. The Morgan fingerprint density at radius 3 is 1.81 bits per heavy atom. The molecule has 0 radical (unpaired) electrons. The highest BCUT2D eigenvalue weighted by Crippen LogP contribution is 2.53. The molecule has 1 aliphatic heterocycles. The summed E-state index contributed by atoms with van der Waals surface area (Å²) >= 11 is 1.87. The number of hydrogen-bond donors (Lipinski definition) is 0. The number of benzene rings is 9. The summed E-state index contributed by atoms with van der Waals surface area (Å²) in [5.41, 5.74) is 20.3. The van der Waals surface area contributed by atoms with Gasteiger partial charge in [-0.25, -0.2) is 4.98 Å². The lowest BCUT2D eigenvalue weighted by Gasteiger charge is -2.30. The molecular formula is C72H64N4OS. The fourth-order valence-electron chi connectivity index (χ4n) is 12.3. The van der Waals surface area contributed by atoms with Crippen LogP contribution in [0.2, 0.25) is 0 Å². The van der Waals surface area contributed by atoms with Crippen LogP contribution in [0.1, 0.15) is 88.1 Å². The van der Waals surface area contributed by atoms with Crippen molar-refractivity contribution < 1.29 is 4.74 Å². The number of ether oxygens (including phenoxy) is 1. The van der Waals surface area contributed by atoms with Gasteiger partial charge in [-0.2, -0.15) is 0 Å². The molecule has 9 aromatic carbocycles. The van der Waals surface area contributed by atoms with Gasteiger partial charge in [-0.15, -0.1) is 11.3 Å². The third-order valence-corrected chi connectivity index (χ3v) is 17.2. The highest BCUT2D eigenvalue weighted by atomic mass is 32.1. The van der Waals surface area contributed by atoms with Gasteiger partial charge in [0.25, 0.3) is 0 Å². The summed E-state index contributed by atoms with van der Waals surface area (Å²) in [7, 11) is 0. The molecule has 0 aliphatic carbocycles. The first-order chi connectivity index (χ1) is 37.8. The van der Waals surface area contributed by atoms with Crippen molar-refractivity contribution in [2.45, 2.75) is 79.6 Å². The van der Waals surface area contributed by atoms with Gasteiger partial charge in [0.1, 0.15) is 24.0 Å². The van der Waals surface area contributed by atoms with Crippen LogP contribution in [0.3, 0.4) is 0 Å². The number of thiophene rings is 1. The maximum atomic E-state index is 7.36. The van der Waals surface area contributed by atoms with Crippen LogP contribution in [0.25, 0.3) is 81.2 Å². The summed E-state index contributed by atoms with van der Waals surface area (Å²) in [6, 6.07) is 71.3. The van der Waals surface area contributed by atoms with Crippen molar-refractivity contribution in [3.63, 3.8) is 0 Å². The number of rotatable bonds is 10. The zero-order valence-electron chi connectivity index (χ0n) is 46.0. The summed E-state index contributed by atoms with van der Waals surface area (Å²) in [5, 5.41) is 4.97. The maximum Gasteiger partial charge on any atom is 0.137 e. The fraction of sp³-hybridized carbons (Fsp3) is 0.181. The molecule has 13 rings (SSSR count). The second-order valence-corrected chi connectivity index (χ2v) is 23.9. The predicted octanol–water partition coefficient (Wildman–Crippen LogP) is 20.7. The molecule has 78 heavy (non-hydrogen) atoms. The van der Waals surface area contributed by atoms with Gasteiger partial charge in [0.15, 0.2) is 0 Å². The van der Waals surface area contributed by atoms with Crippen molar-refractivity contribution in [2.24, 2.45) is 0 Å². The lowest BCUT2D eigenvalue weighted by molar-refractivity contribution is 0.483. The molecule has 1 aliphatic rings. The SMILES string of the molecule is Cc1cc(C)c(-c2ccccc2)c(N2CN(c3cc(Oc4ccc5c6c7sc8ccccc8c7ccc6n(-c6cc(C(C)(C)C)ccn6)c5c4)cc(-c4c(C(C)C)cccc4C(C)C)c3)c3ccccc32)c1-c1ccccc1. The van der Waals surface area contributed by atoms with Gasteiger partial charge in [0.05, 0.1) is 28.1 Å². The van der Waals surface area contributed by atoms with E-state index < -0.39 is 0 Å². The first-order valence-corrected chi connectivity index (χ1v) is 28.3. The Morgan fingerprint density at radius 2 is 1.14 bits per heavy atom. The molecule has 0 spiro atoms. The Hall–Kier alpha value is -8.45. The fourth-order valence-corrected chi connectivity index (χ4v) is 13.6. The zero-order valence-corrected chi connectivity index (χ0v) is 46.8. The lowest BCUT2D eigenvalue weighted by Crippen LogP contribution is -2.25. The standard InChI is InChI=1S/C72H64N4OS/c1-44(2)55-26-20-27-56(45(3)4)68(55)50-38-52(74-43-75(61-29-18-17-28-60(61)74)70-66(48-21-12-10-13-22-48)46(5)37-47(6)67(70)49-23-14-11-15-24-49)41-54(39-50)77-53-31-32-59-63(42-53)76(65-40-51(35-36-73-65)72(7,8)9)62-34-33-58-57-25-16-19-30-64(57)78-71(58)69(59)62/h10-42,44-45H,43H2,1-9H3. The van der Waals surface area contributed by atoms with Gasteiger partial charge in [0.2, 0.25) is 0 Å². The molecule has 384 valence electrons. The molecule has 0 amide bonds. The van der Waals surface area contributed by atoms with Gasteiger partial charge < -0.3 is 14.5 Å². The van der Waals surface area contributed by atoms with Gasteiger partial charge >= 0.3 is 0 Å². The van der Waals surface area contributed by atoms with Gasteiger partial charge in [-0.1, -0.05) is 170 Å². The van der Waals surface area contributed by atoms with Crippen molar-refractivity contribution in [2.75, 3.05) is 16.5 Å². The number of aromatic nitrogens is 2. The van der Waals surface area contributed by atoms with Gasteiger partial charge in [-0.05, 0) is 142 Å². The summed E-state index contributed by atoms with van der Waals surface area (Å²) < 4.78 is 12.3. The Bertz CT molecular complexity index is 4200. The third-order valence-electron chi connectivity index (χ3n) is 16.0. The topological polar surface area (TPSA) is 33.5 Å². The van der Waals surface area contributed by atoms with E-state index in [1.807, 2.05) is 17.5 Å². The monoisotopic (exact) mass is 1030 g/mol. The van der Waals surface area contributed by atoms with E-state index in [9.17, 15) is 0 Å². The molecule has 0 atom stereocenters. The van der Waals surface area contributed by atoms with Crippen LogP contribution < -0.4 is 14.5 Å². The first-order valence-electron chi connectivity index (χ1n) is 27.5. The van der Waals surface area contributed by atoms with Crippen molar-refractivity contribution in [3.05, 3.63) is 228 Å². The largest absolute Gasteiger partial charge is 0.457 e. The van der Waals surface area contributed by atoms with Crippen LogP contribution >= 0.6 is 11.3 Å². The molecule has 0 saturated carbocycles. The highest BCUT2D eigenvalue weighted by molar-refractivity contribution is 7.26. The van der Waals surface area contributed by atoms with Gasteiger partial charge in [-0.3, -0.25) is 4.57 Å². The van der Waals surface area contributed by atoms with Crippen molar-refractivity contribution in [1.29, 1.82) is 0 Å². The van der Waals surface area contributed by atoms with E-state index in [2.05, 4.69) is 271 Å². The number of hydrogen-bond acceptors (Lipinski definition) is 5. The first kappa shape index (κ1) is 49.1.